The van der Waals surface area contributed by atoms with Crippen LogP contribution in [0.3, 0.4) is 0 Å². The first kappa shape index (κ1) is 12.8. The highest BCUT2D eigenvalue weighted by molar-refractivity contribution is 5.46. The van der Waals surface area contributed by atoms with Crippen molar-refractivity contribution in [3.05, 3.63) is 34.1 Å². The number of nitro benzene ring substituents is 1. The number of ether oxygens (including phenoxy) is 1. The quantitative estimate of drug-likeness (QED) is 0.646. The molecule has 1 fully saturated rings. The van der Waals surface area contributed by atoms with E-state index in [1.54, 1.807) is 0 Å². The van der Waals surface area contributed by atoms with E-state index in [-0.39, 0.29) is 17.5 Å². The molecule has 0 radical (unpaired) electrons. The zero-order chi connectivity index (χ0) is 13.1. The van der Waals surface area contributed by atoms with Gasteiger partial charge in [-0.2, -0.15) is 0 Å². The van der Waals surface area contributed by atoms with Crippen LogP contribution in [0.5, 0.6) is 5.75 Å². The fourth-order valence-electron chi connectivity index (χ4n) is 2.03. The first-order valence-electron chi connectivity index (χ1n) is 5.94. The molecular formula is C12H15FN2O3. The molecule has 0 aliphatic heterocycles. The predicted octanol–water partition coefficient (Wildman–Crippen LogP) is 2.25. The molecule has 1 aromatic carbocycles. The number of rotatable bonds is 5. The van der Waals surface area contributed by atoms with Crippen molar-refractivity contribution >= 4 is 5.69 Å². The van der Waals surface area contributed by atoms with Gasteiger partial charge in [-0.1, -0.05) is 6.92 Å². The van der Waals surface area contributed by atoms with Gasteiger partial charge in [-0.15, -0.1) is 0 Å². The number of hydrogen-bond donors (Lipinski definition) is 1. The summed E-state index contributed by atoms with van der Waals surface area (Å²) in [7, 11) is 0. The van der Waals surface area contributed by atoms with Gasteiger partial charge < -0.3 is 10.1 Å². The number of nitrogens with one attached hydrogen (secondary N) is 1. The van der Waals surface area contributed by atoms with Crippen LogP contribution in [0, 0.1) is 15.9 Å². The first-order chi connectivity index (χ1) is 8.60. The second kappa shape index (κ2) is 5.30. The summed E-state index contributed by atoms with van der Waals surface area (Å²) >= 11 is 0. The van der Waals surface area contributed by atoms with Crippen molar-refractivity contribution < 1.29 is 14.1 Å². The average Bonchev–Trinajstić information content (AvgIpc) is 2.28. The molecule has 1 saturated carbocycles. The van der Waals surface area contributed by atoms with Gasteiger partial charge in [-0.3, -0.25) is 10.1 Å². The molecule has 1 aromatic rings. The van der Waals surface area contributed by atoms with Gasteiger partial charge >= 0.3 is 5.69 Å². The number of nitro groups is 1. The maximum Gasteiger partial charge on any atom is 0.313 e. The van der Waals surface area contributed by atoms with Crippen molar-refractivity contribution in [3.63, 3.8) is 0 Å². The molecule has 0 atom stereocenters. The van der Waals surface area contributed by atoms with Gasteiger partial charge in [0, 0.05) is 6.04 Å². The van der Waals surface area contributed by atoms with E-state index in [0.29, 0.717) is 6.04 Å². The lowest BCUT2D eigenvalue weighted by Crippen LogP contribution is -2.46. The monoisotopic (exact) mass is 254 g/mol. The molecule has 1 N–H and O–H groups in total. The minimum absolute atomic E-state index is 0.0294. The van der Waals surface area contributed by atoms with Gasteiger partial charge in [-0.25, -0.2) is 4.39 Å². The Balaban J connectivity index is 2.00. The van der Waals surface area contributed by atoms with Crippen LogP contribution in [0.2, 0.25) is 0 Å². The Kier molecular flexibility index (Phi) is 3.76. The van der Waals surface area contributed by atoms with Crippen LogP contribution in [0.1, 0.15) is 19.8 Å². The Morgan fingerprint density at radius 2 is 2.28 bits per heavy atom. The fraction of sp³-hybridized carbons (Fsp3) is 0.500. The van der Waals surface area contributed by atoms with Crippen LogP contribution in [0.15, 0.2) is 18.2 Å². The molecule has 0 heterocycles. The summed E-state index contributed by atoms with van der Waals surface area (Å²) in [6, 6.07) is 3.78. The predicted molar refractivity (Wildman–Crippen MR) is 64.2 cm³/mol. The summed E-state index contributed by atoms with van der Waals surface area (Å²) in [6.45, 7) is 2.92. The highest BCUT2D eigenvalue weighted by atomic mass is 19.1. The molecule has 0 amide bonds. The van der Waals surface area contributed by atoms with E-state index in [0.717, 1.165) is 25.5 Å². The maximum absolute atomic E-state index is 12.9. The zero-order valence-corrected chi connectivity index (χ0v) is 10.1. The van der Waals surface area contributed by atoms with E-state index in [2.05, 4.69) is 5.32 Å². The van der Waals surface area contributed by atoms with E-state index < -0.39 is 10.7 Å². The van der Waals surface area contributed by atoms with Crippen molar-refractivity contribution in [2.75, 3.05) is 6.54 Å². The van der Waals surface area contributed by atoms with Crippen LogP contribution < -0.4 is 10.1 Å². The lowest BCUT2D eigenvalue weighted by Gasteiger charge is -2.35. The first-order valence-corrected chi connectivity index (χ1v) is 5.94. The van der Waals surface area contributed by atoms with Crippen molar-refractivity contribution in [2.24, 2.45) is 0 Å². The molecular weight excluding hydrogens is 239 g/mol. The Morgan fingerprint density at radius 1 is 1.56 bits per heavy atom. The van der Waals surface area contributed by atoms with Crippen molar-refractivity contribution in [1.29, 1.82) is 0 Å². The maximum atomic E-state index is 12.9. The van der Waals surface area contributed by atoms with E-state index in [1.165, 1.54) is 12.1 Å². The molecule has 2 rings (SSSR count). The number of benzene rings is 1. The molecule has 5 nitrogen and oxygen atoms in total. The Morgan fingerprint density at radius 3 is 2.89 bits per heavy atom. The number of nitrogens with zero attached hydrogens (tertiary/aromatic N) is 1. The lowest BCUT2D eigenvalue weighted by atomic mass is 9.89. The van der Waals surface area contributed by atoms with Crippen LogP contribution >= 0.6 is 0 Å². The van der Waals surface area contributed by atoms with Gasteiger partial charge in [-0.05, 0) is 31.5 Å². The highest BCUT2D eigenvalue weighted by Gasteiger charge is 2.31. The highest BCUT2D eigenvalue weighted by Crippen LogP contribution is 2.32. The largest absolute Gasteiger partial charge is 0.483 e. The number of halogens is 1. The van der Waals surface area contributed by atoms with Gasteiger partial charge in [0.2, 0.25) is 0 Å². The lowest BCUT2D eigenvalue weighted by molar-refractivity contribution is -0.386. The standard InChI is InChI=1S/C12H15FN2O3/c1-2-14-9-6-10(7-9)18-12-4-3-8(13)5-11(12)15(16)17/h3-5,9-10,14H,2,6-7H2,1H3. The summed E-state index contributed by atoms with van der Waals surface area (Å²) in [5, 5.41) is 14.0. The Labute approximate surface area is 104 Å². The second-order valence-corrected chi connectivity index (χ2v) is 4.34. The smallest absolute Gasteiger partial charge is 0.313 e. The van der Waals surface area contributed by atoms with Gasteiger partial charge in [0.25, 0.3) is 0 Å². The Hall–Kier alpha value is -1.69. The minimum atomic E-state index is -0.631. The van der Waals surface area contributed by atoms with Gasteiger partial charge in [0.15, 0.2) is 5.75 Å². The molecule has 0 unspecified atom stereocenters. The van der Waals surface area contributed by atoms with Crippen LogP contribution in [0.25, 0.3) is 0 Å². The normalized spacial score (nSPS) is 22.3. The molecule has 1 aliphatic carbocycles. The van der Waals surface area contributed by atoms with Crippen molar-refractivity contribution in [2.45, 2.75) is 31.9 Å². The zero-order valence-electron chi connectivity index (χ0n) is 10.1. The van der Waals surface area contributed by atoms with E-state index in [4.69, 9.17) is 4.74 Å². The summed E-state index contributed by atoms with van der Waals surface area (Å²) in [5.74, 6) is -0.491. The third kappa shape index (κ3) is 2.76. The Bertz CT molecular complexity index is 447. The van der Waals surface area contributed by atoms with Crippen LogP contribution in [-0.2, 0) is 0 Å². The van der Waals surface area contributed by atoms with E-state index >= 15 is 0 Å². The third-order valence-corrected chi connectivity index (χ3v) is 3.00. The SMILES string of the molecule is CCNC1CC(Oc2ccc(F)cc2[N+](=O)[O-])C1. The summed E-state index contributed by atoms with van der Waals surface area (Å²) in [6.07, 6.45) is 1.61. The minimum Gasteiger partial charge on any atom is -0.483 e. The molecule has 0 saturated heterocycles. The molecule has 18 heavy (non-hydrogen) atoms. The van der Waals surface area contributed by atoms with Crippen molar-refractivity contribution in [1.82, 2.24) is 5.32 Å². The number of hydrogen-bond acceptors (Lipinski definition) is 4. The summed E-state index contributed by atoms with van der Waals surface area (Å²) < 4.78 is 18.5. The van der Waals surface area contributed by atoms with E-state index in [9.17, 15) is 14.5 Å². The molecule has 0 bridgehead atoms. The fourth-order valence-corrected chi connectivity index (χ4v) is 2.03. The molecule has 6 heteroatoms. The van der Waals surface area contributed by atoms with Gasteiger partial charge in [0.05, 0.1) is 11.0 Å². The van der Waals surface area contributed by atoms with Crippen LogP contribution in [0.4, 0.5) is 10.1 Å². The summed E-state index contributed by atoms with van der Waals surface area (Å²) in [5.41, 5.74) is -0.318. The van der Waals surface area contributed by atoms with E-state index in [1.807, 2.05) is 6.92 Å². The third-order valence-electron chi connectivity index (χ3n) is 3.00. The molecule has 0 spiro atoms. The topological polar surface area (TPSA) is 64.4 Å². The average molecular weight is 254 g/mol. The molecule has 98 valence electrons. The second-order valence-electron chi connectivity index (χ2n) is 4.34. The molecule has 1 aliphatic rings. The van der Waals surface area contributed by atoms with Crippen molar-refractivity contribution in [3.8, 4) is 5.75 Å². The van der Waals surface area contributed by atoms with Crippen LogP contribution in [-0.4, -0.2) is 23.6 Å². The van der Waals surface area contributed by atoms with Gasteiger partial charge in [0.1, 0.15) is 11.9 Å². The summed E-state index contributed by atoms with van der Waals surface area (Å²) in [4.78, 5) is 10.1. The molecule has 0 aromatic heterocycles.